The maximum Gasteiger partial charge on any atom is 0.136 e. The fourth-order valence-corrected chi connectivity index (χ4v) is 2.12. The van der Waals surface area contributed by atoms with E-state index in [0.29, 0.717) is 24.2 Å². The number of Topliss-reactive ketones (excluding diaryl/α,β-unsaturated/α-hetero) is 1. The van der Waals surface area contributed by atoms with Crippen LogP contribution in [0.4, 0.5) is 4.39 Å². The summed E-state index contributed by atoms with van der Waals surface area (Å²) in [5, 5.41) is 0. The summed E-state index contributed by atoms with van der Waals surface area (Å²) in [7, 11) is 0. The van der Waals surface area contributed by atoms with Crippen LogP contribution < -0.4 is 0 Å². The Bertz CT molecular complexity index is 396. The van der Waals surface area contributed by atoms with Crippen molar-refractivity contribution in [1.82, 2.24) is 0 Å². The molecule has 2 rings (SSSR count). The topological polar surface area (TPSA) is 17.1 Å². The van der Waals surface area contributed by atoms with Gasteiger partial charge in [-0.05, 0) is 55.9 Å². The molecule has 0 heterocycles. The number of ketones is 1. The molecule has 0 amide bonds. The van der Waals surface area contributed by atoms with Gasteiger partial charge in [0, 0.05) is 12.3 Å². The van der Waals surface area contributed by atoms with Gasteiger partial charge < -0.3 is 0 Å². The SMILES string of the molecule is Cc1cc(C)c(CCC(=O)C2CC2)c(F)c1. The van der Waals surface area contributed by atoms with Crippen molar-refractivity contribution in [3.63, 3.8) is 0 Å². The highest BCUT2D eigenvalue weighted by atomic mass is 19.1. The number of aryl methyl sites for hydroxylation is 2. The summed E-state index contributed by atoms with van der Waals surface area (Å²) < 4.78 is 13.7. The van der Waals surface area contributed by atoms with E-state index in [1.54, 1.807) is 6.07 Å². The zero-order valence-electron chi connectivity index (χ0n) is 9.85. The summed E-state index contributed by atoms with van der Waals surface area (Å²) in [6, 6.07) is 3.52. The predicted molar refractivity (Wildman–Crippen MR) is 61.9 cm³/mol. The molecule has 0 N–H and O–H groups in total. The van der Waals surface area contributed by atoms with Gasteiger partial charge in [0.25, 0.3) is 0 Å². The van der Waals surface area contributed by atoms with Crippen molar-refractivity contribution in [3.05, 3.63) is 34.6 Å². The molecule has 1 aliphatic carbocycles. The number of halogens is 1. The van der Waals surface area contributed by atoms with E-state index in [1.165, 1.54) is 0 Å². The first-order chi connectivity index (χ1) is 7.58. The van der Waals surface area contributed by atoms with E-state index in [4.69, 9.17) is 0 Å². The second kappa shape index (κ2) is 4.36. The molecule has 2 heteroatoms. The van der Waals surface area contributed by atoms with Gasteiger partial charge in [-0.15, -0.1) is 0 Å². The third-order valence-corrected chi connectivity index (χ3v) is 3.22. The molecule has 0 saturated heterocycles. The van der Waals surface area contributed by atoms with Crippen LogP contribution in [0.15, 0.2) is 12.1 Å². The van der Waals surface area contributed by atoms with Crippen molar-refractivity contribution < 1.29 is 9.18 Å². The maximum atomic E-state index is 13.7. The van der Waals surface area contributed by atoms with Gasteiger partial charge in [0.15, 0.2) is 0 Å². The molecule has 1 aliphatic rings. The maximum absolute atomic E-state index is 13.7. The first kappa shape index (κ1) is 11.3. The molecule has 1 aromatic carbocycles. The lowest BCUT2D eigenvalue weighted by Gasteiger charge is -2.08. The van der Waals surface area contributed by atoms with Crippen LogP contribution in [0.2, 0.25) is 0 Å². The minimum absolute atomic E-state index is 0.166. The van der Waals surface area contributed by atoms with E-state index in [1.807, 2.05) is 19.9 Å². The van der Waals surface area contributed by atoms with Crippen LogP contribution in [0, 0.1) is 25.6 Å². The quantitative estimate of drug-likeness (QED) is 0.760. The summed E-state index contributed by atoms with van der Waals surface area (Å²) >= 11 is 0. The molecule has 86 valence electrons. The molecule has 0 spiro atoms. The Morgan fingerprint density at radius 2 is 2.06 bits per heavy atom. The van der Waals surface area contributed by atoms with Crippen molar-refractivity contribution in [2.75, 3.05) is 0 Å². The van der Waals surface area contributed by atoms with E-state index < -0.39 is 0 Å². The highest BCUT2D eigenvalue weighted by Gasteiger charge is 2.28. The van der Waals surface area contributed by atoms with Crippen LogP contribution in [0.3, 0.4) is 0 Å². The molecule has 1 fully saturated rings. The van der Waals surface area contributed by atoms with Crippen LogP contribution >= 0.6 is 0 Å². The molecule has 1 saturated carbocycles. The predicted octanol–water partition coefficient (Wildman–Crippen LogP) is 3.35. The molecule has 16 heavy (non-hydrogen) atoms. The average molecular weight is 220 g/mol. The average Bonchev–Trinajstić information content (AvgIpc) is 2.98. The lowest BCUT2D eigenvalue weighted by Crippen LogP contribution is -2.04. The number of hydrogen-bond donors (Lipinski definition) is 0. The summed E-state index contributed by atoms with van der Waals surface area (Å²) in [6.07, 6.45) is 3.11. The van der Waals surface area contributed by atoms with Gasteiger partial charge >= 0.3 is 0 Å². The Morgan fingerprint density at radius 1 is 1.38 bits per heavy atom. The molecule has 1 aromatic rings. The summed E-state index contributed by atoms with van der Waals surface area (Å²) in [5.41, 5.74) is 2.60. The molecule has 0 aromatic heterocycles. The Labute approximate surface area is 95.7 Å². The van der Waals surface area contributed by atoms with Crippen molar-refractivity contribution in [2.24, 2.45) is 5.92 Å². The summed E-state index contributed by atoms with van der Waals surface area (Å²) in [5.74, 6) is 0.425. The van der Waals surface area contributed by atoms with Crippen LogP contribution in [-0.2, 0) is 11.2 Å². The van der Waals surface area contributed by atoms with E-state index in [0.717, 1.165) is 24.0 Å². The van der Waals surface area contributed by atoms with Gasteiger partial charge in [-0.2, -0.15) is 0 Å². The van der Waals surface area contributed by atoms with Crippen LogP contribution in [0.25, 0.3) is 0 Å². The largest absolute Gasteiger partial charge is 0.299 e. The molecular weight excluding hydrogens is 203 g/mol. The van der Waals surface area contributed by atoms with Gasteiger partial charge in [0.05, 0.1) is 0 Å². The Morgan fingerprint density at radius 3 is 2.62 bits per heavy atom. The highest BCUT2D eigenvalue weighted by molar-refractivity contribution is 5.83. The highest BCUT2D eigenvalue weighted by Crippen LogP contribution is 2.31. The standard InChI is InChI=1S/C14H17FO/c1-9-7-10(2)12(13(15)8-9)5-6-14(16)11-3-4-11/h7-8,11H,3-6H2,1-2H3. The van der Waals surface area contributed by atoms with Gasteiger partial charge in [0.2, 0.25) is 0 Å². The normalized spacial score (nSPS) is 15.2. The van der Waals surface area contributed by atoms with Gasteiger partial charge in [-0.25, -0.2) is 4.39 Å². The van der Waals surface area contributed by atoms with Crippen LogP contribution in [0.1, 0.15) is 36.0 Å². The zero-order chi connectivity index (χ0) is 11.7. The number of hydrogen-bond acceptors (Lipinski definition) is 1. The molecule has 1 nitrogen and oxygen atoms in total. The lowest BCUT2D eigenvalue weighted by molar-refractivity contribution is -0.120. The van der Waals surface area contributed by atoms with Crippen LogP contribution in [0.5, 0.6) is 0 Å². The third kappa shape index (κ3) is 2.49. The van der Waals surface area contributed by atoms with E-state index >= 15 is 0 Å². The van der Waals surface area contributed by atoms with Crippen molar-refractivity contribution in [1.29, 1.82) is 0 Å². The fourth-order valence-electron chi connectivity index (χ4n) is 2.12. The van der Waals surface area contributed by atoms with E-state index in [2.05, 4.69) is 0 Å². The zero-order valence-corrected chi connectivity index (χ0v) is 9.85. The van der Waals surface area contributed by atoms with E-state index in [9.17, 15) is 9.18 Å². The first-order valence-electron chi connectivity index (χ1n) is 5.86. The molecule has 0 atom stereocenters. The van der Waals surface area contributed by atoms with E-state index in [-0.39, 0.29) is 11.7 Å². The number of benzene rings is 1. The molecule has 0 radical (unpaired) electrons. The summed E-state index contributed by atoms with van der Waals surface area (Å²) in [4.78, 5) is 11.5. The molecule has 0 unspecified atom stereocenters. The van der Waals surface area contributed by atoms with Gasteiger partial charge in [-0.3, -0.25) is 4.79 Å². The van der Waals surface area contributed by atoms with Crippen molar-refractivity contribution >= 4 is 5.78 Å². The first-order valence-corrected chi connectivity index (χ1v) is 5.86. The smallest absolute Gasteiger partial charge is 0.136 e. The Hall–Kier alpha value is -1.18. The molecular formula is C14H17FO. The Balaban J connectivity index is 2.05. The molecule has 0 aliphatic heterocycles. The third-order valence-electron chi connectivity index (χ3n) is 3.22. The number of rotatable bonds is 4. The number of carbonyl (C=O) groups is 1. The fraction of sp³-hybridized carbons (Fsp3) is 0.500. The minimum Gasteiger partial charge on any atom is -0.299 e. The lowest BCUT2D eigenvalue weighted by atomic mass is 9.99. The van der Waals surface area contributed by atoms with Crippen LogP contribution in [-0.4, -0.2) is 5.78 Å². The minimum atomic E-state index is -0.166. The van der Waals surface area contributed by atoms with Gasteiger partial charge in [-0.1, -0.05) is 6.07 Å². The second-order valence-electron chi connectivity index (χ2n) is 4.78. The monoisotopic (exact) mass is 220 g/mol. The van der Waals surface area contributed by atoms with Gasteiger partial charge in [0.1, 0.15) is 11.6 Å². The Kier molecular flexibility index (Phi) is 3.08. The van der Waals surface area contributed by atoms with Crippen molar-refractivity contribution in [2.45, 2.75) is 39.5 Å². The second-order valence-corrected chi connectivity index (χ2v) is 4.78. The number of carbonyl (C=O) groups excluding carboxylic acids is 1. The van der Waals surface area contributed by atoms with Crippen molar-refractivity contribution in [3.8, 4) is 0 Å². The summed E-state index contributed by atoms with van der Waals surface area (Å²) in [6.45, 7) is 3.79. The molecule has 0 bridgehead atoms.